The monoisotopic (exact) mass is 232 g/mol. The predicted molar refractivity (Wildman–Crippen MR) is 60.7 cm³/mol. The SMILES string of the molecule is CC(=O)c1sc(NCCCCl)nc1C. The molecule has 0 aliphatic carbocycles. The predicted octanol–water partition coefficient (Wildman–Crippen LogP) is 2.69. The van der Waals surface area contributed by atoms with Crippen molar-refractivity contribution in [3.8, 4) is 0 Å². The van der Waals surface area contributed by atoms with Crippen LogP contribution in [-0.2, 0) is 0 Å². The molecular formula is C9H13ClN2OS. The highest BCUT2D eigenvalue weighted by atomic mass is 35.5. The highest BCUT2D eigenvalue weighted by Gasteiger charge is 2.10. The molecule has 0 aliphatic heterocycles. The van der Waals surface area contributed by atoms with Crippen LogP contribution in [0.1, 0.15) is 28.7 Å². The van der Waals surface area contributed by atoms with Crippen LogP contribution in [0.5, 0.6) is 0 Å². The van der Waals surface area contributed by atoms with Crippen molar-refractivity contribution in [2.45, 2.75) is 20.3 Å². The standard InChI is InChI=1S/C9H13ClN2OS/c1-6-8(7(2)13)14-9(12-6)11-5-3-4-10/h3-5H2,1-2H3,(H,11,12). The first kappa shape index (κ1) is 11.5. The van der Waals surface area contributed by atoms with Gasteiger partial charge in [0.2, 0.25) is 0 Å². The highest BCUT2D eigenvalue weighted by molar-refractivity contribution is 7.17. The topological polar surface area (TPSA) is 42.0 Å². The van der Waals surface area contributed by atoms with Crippen LogP contribution in [0, 0.1) is 6.92 Å². The van der Waals surface area contributed by atoms with Gasteiger partial charge in [0, 0.05) is 19.3 Å². The van der Waals surface area contributed by atoms with E-state index in [1.165, 1.54) is 11.3 Å². The number of carbonyl (C=O) groups is 1. The molecular weight excluding hydrogens is 220 g/mol. The maximum atomic E-state index is 11.1. The number of aromatic nitrogens is 1. The molecule has 0 unspecified atom stereocenters. The number of hydrogen-bond acceptors (Lipinski definition) is 4. The van der Waals surface area contributed by atoms with Crippen molar-refractivity contribution in [2.24, 2.45) is 0 Å². The Bertz CT molecular complexity index is 325. The van der Waals surface area contributed by atoms with E-state index in [1.54, 1.807) is 6.92 Å². The zero-order valence-electron chi connectivity index (χ0n) is 8.26. The summed E-state index contributed by atoms with van der Waals surface area (Å²) in [6.07, 6.45) is 0.898. The van der Waals surface area contributed by atoms with Gasteiger partial charge in [-0.1, -0.05) is 11.3 Å². The Morgan fingerprint density at radius 3 is 2.86 bits per heavy atom. The summed E-state index contributed by atoms with van der Waals surface area (Å²) in [5.41, 5.74) is 0.802. The molecule has 0 saturated heterocycles. The first-order valence-corrected chi connectivity index (χ1v) is 5.78. The number of ketones is 1. The summed E-state index contributed by atoms with van der Waals surface area (Å²) in [4.78, 5) is 16.1. The Kier molecular flexibility index (Phi) is 4.35. The summed E-state index contributed by atoms with van der Waals surface area (Å²) < 4.78 is 0. The molecule has 3 nitrogen and oxygen atoms in total. The van der Waals surface area contributed by atoms with Gasteiger partial charge in [0.05, 0.1) is 10.6 Å². The van der Waals surface area contributed by atoms with Crippen LogP contribution in [0.25, 0.3) is 0 Å². The third-order valence-corrected chi connectivity index (χ3v) is 3.19. The molecule has 0 atom stereocenters. The summed E-state index contributed by atoms with van der Waals surface area (Å²) in [6.45, 7) is 4.21. The van der Waals surface area contributed by atoms with Crippen molar-refractivity contribution in [1.29, 1.82) is 0 Å². The summed E-state index contributed by atoms with van der Waals surface area (Å²) in [5, 5.41) is 3.94. The molecule has 1 heterocycles. The lowest BCUT2D eigenvalue weighted by molar-refractivity contribution is 0.102. The number of Topliss-reactive ketones (excluding diaryl/α,β-unsaturated/α-hetero) is 1. The molecule has 0 radical (unpaired) electrons. The minimum absolute atomic E-state index is 0.0744. The van der Waals surface area contributed by atoms with Gasteiger partial charge in [0.1, 0.15) is 0 Å². The van der Waals surface area contributed by atoms with Gasteiger partial charge in [0.15, 0.2) is 10.9 Å². The number of aryl methyl sites for hydroxylation is 1. The largest absolute Gasteiger partial charge is 0.361 e. The van der Waals surface area contributed by atoms with Crippen LogP contribution in [0.15, 0.2) is 0 Å². The van der Waals surface area contributed by atoms with Crippen LogP contribution < -0.4 is 5.32 Å². The fourth-order valence-corrected chi connectivity index (χ4v) is 2.08. The molecule has 1 aromatic rings. The van der Waals surface area contributed by atoms with E-state index in [4.69, 9.17) is 11.6 Å². The third kappa shape index (κ3) is 2.96. The molecule has 78 valence electrons. The second kappa shape index (κ2) is 5.32. The zero-order chi connectivity index (χ0) is 10.6. The molecule has 14 heavy (non-hydrogen) atoms. The molecule has 0 saturated carbocycles. The number of carbonyl (C=O) groups excluding carboxylic acids is 1. The van der Waals surface area contributed by atoms with Gasteiger partial charge in [-0.25, -0.2) is 4.98 Å². The van der Waals surface area contributed by atoms with E-state index in [-0.39, 0.29) is 5.78 Å². The average Bonchev–Trinajstić information content (AvgIpc) is 2.47. The molecule has 0 spiro atoms. The first-order chi connectivity index (χ1) is 6.65. The molecule has 0 amide bonds. The molecule has 0 fully saturated rings. The number of nitrogens with one attached hydrogen (secondary N) is 1. The normalized spacial score (nSPS) is 10.2. The molecule has 0 aromatic carbocycles. The van der Waals surface area contributed by atoms with Crippen molar-refractivity contribution >= 4 is 33.9 Å². The molecule has 0 bridgehead atoms. The zero-order valence-corrected chi connectivity index (χ0v) is 9.84. The summed E-state index contributed by atoms with van der Waals surface area (Å²) in [7, 11) is 0. The van der Waals surface area contributed by atoms with Crippen molar-refractivity contribution in [3.63, 3.8) is 0 Å². The smallest absolute Gasteiger partial charge is 0.183 e. The van der Waals surface area contributed by atoms with Crippen LogP contribution in [0.3, 0.4) is 0 Å². The van der Waals surface area contributed by atoms with Crippen LogP contribution in [0.2, 0.25) is 0 Å². The lowest BCUT2D eigenvalue weighted by Gasteiger charge is -1.97. The van der Waals surface area contributed by atoms with E-state index >= 15 is 0 Å². The van der Waals surface area contributed by atoms with Gasteiger partial charge >= 0.3 is 0 Å². The van der Waals surface area contributed by atoms with Gasteiger partial charge in [-0.15, -0.1) is 11.6 Å². The molecule has 1 rings (SSSR count). The highest BCUT2D eigenvalue weighted by Crippen LogP contribution is 2.22. The van der Waals surface area contributed by atoms with E-state index in [2.05, 4.69) is 10.3 Å². The number of thiazole rings is 1. The molecule has 1 N–H and O–H groups in total. The number of halogens is 1. The Balaban J connectivity index is 2.62. The number of hydrogen-bond donors (Lipinski definition) is 1. The van der Waals surface area contributed by atoms with Gasteiger partial charge in [0.25, 0.3) is 0 Å². The van der Waals surface area contributed by atoms with Crippen LogP contribution in [0.4, 0.5) is 5.13 Å². The summed E-state index contributed by atoms with van der Waals surface area (Å²) >= 11 is 6.95. The van der Waals surface area contributed by atoms with Crippen molar-refractivity contribution in [1.82, 2.24) is 4.98 Å². The number of alkyl halides is 1. The summed E-state index contributed by atoms with van der Waals surface area (Å²) in [6, 6.07) is 0. The lowest BCUT2D eigenvalue weighted by atomic mass is 10.3. The minimum atomic E-state index is 0.0744. The Labute approximate surface area is 92.5 Å². The maximum absolute atomic E-state index is 11.1. The lowest BCUT2D eigenvalue weighted by Crippen LogP contribution is -2.01. The second-order valence-electron chi connectivity index (χ2n) is 2.96. The van der Waals surface area contributed by atoms with E-state index < -0.39 is 0 Å². The fourth-order valence-electron chi connectivity index (χ4n) is 1.06. The molecule has 0 aliphatic rings. The van der Waals surface area contributed by atoms with Crippen molar-refractivity contribution in [3.05, 3.63) is 10.6 Å². The maximum Gasteiger partial charge on any atom is 0.183 e. The minimum Gasteiger partial charge on any atom is -0.361 e. The average molecular weight is 233 g/mol. The third-order valence-electron chi connectivity index (χ3n) is 1.70. The van der Waals surface area contributed by atoms with Crippen molar-refractivity contribution < 1.29 is 4.79 Å². The van der Waals surface area contributed by atoms with Gasteiger partial charge < -0.3 is 5.32 Å². The van der Waals surface area contributed by atoms with Gasteiger partial charge in [-0.3, -0.25) is 4.79 Å². The Hall–Kier alpha value is -0.610. The van der Waals surface area contributed by atoms with E-state index in [9.17, 15) is 4.79 Å². The van der Waals surface area contributed by atoms with Crippen LogP contribution >= 0.6 is 22.9 Å². The first-order valence-electron chi connectivity index (χ1n) is 4.43. The van der Waals surface area contributed by atoms with Crippen LogP contribution in [-0.4, -0.2) is 23.2 Å². The van der Waals surface area contributed by atoms with E-state index in [0.717, 1.165) is 28.7 Å². The van der Waals surface area contributed by atoms with E-state index in [0.29, 0.717) is 5.88 Å². The van der Waals surface area contributed by atoms with E-state index in [1.807, 2.05) is 6.92 Å². The number of rotatable bonds is 5. The summed E-state index contributed by atoms with van der Waals surface area (Å²) in [5.74, 6) is 0.710. The number of nitrogens with zero attached hydrogens (tertiary/aromatic N) is 1. The number of anilines is 1. The van der Waals surface area contributed by atoms with Gasteiger partial charge in [-0.05, 0) is 13.3 Å². The second-order valence-corrected chi connectivity index (χ2v) is 4.34. The Morgan fingerprint density at radius 1 is 1.64 bits per heavy atom. The fraction of sp³-hybridized carbons (Fsp3) is 0.556. The molecule has 5 heteroatoms. The van der Waals surface area contributed by atoms with Crippen molar-refractivity contribution in [2.75, 3.05) is 17.7 Å². The molecule has 1 aromatic heterocycles. The Morgan fingerprint density at radius 2 is 2.36 bits per heavy atom. The van der Waals surface area contributed by atoms with Gasteiger partial charge in [-0.2, -0.15) is 0 Å². The quantitative estimate of drug-likeness (QED) is 0.482.